The Morgan fingerprint density at radius 1 is 1.71 bits per heavy atom. The highest BCUT2D eigenvalue weighted by Crippen LogP contribution is 2.34. The molecule has 1 aromatic rings. The monoisotopic (exact) mass is 213 g/mol. The summed E-state index contributed by atoms with van der Waals surface area (Å²) in [6.45, 7) is 6.24. The molecule has 1 fully saturated rings. The summed E-state index contributed by atoms with van der Waals surface area (Å²) < 4.78 is 1.99. The van der Waals surface area contributed by atoms with Gasteiger partial charge in [0.2, 0.25) is 0 Å². The van der Waals surface area contributed by atoms with Crippen LogP contribution >= 0.6 is 11.6 Å². The molecule has 0 radical (unpaired) electrons. The van der Waals surface area contributed by atoms with Gasteiger partial charge in [-0.3, -0.25) is 4.68 Å². The molecule has 0 bridgehead atoms. The number of rotatable bonds is 2. The van der Waals surface area contributed by atoms with E-state index in [2.05, 4.69) is 24.3 Å². The van der Waals surface area contributed by atoms with E-state index in [1.54, 1.807) is 6.20 Å². The maximum atomic E-state index is 6.17. The first kappa shape index (κ1) is 9.99. The quantitative estimate of drug-likeness (QED) is 0.816. The first-order valence-electron chi connectivity index (χ1n) is 5.14. The zero-order valence-electron chi connectivity index (χ0n) is 8.68. The molecular formula is C10H16ClN3. The molecule has 1 atom stereocenters. The van der Waals surface area contributed by atoms with Crippen LogP contribution in [0, 0.1) is 0 Å². The van der Waals surface area contributed by atoms with Gasteiger partial charge in [-0.05, 0) is 33.2 Å². The smallest absolute Gasteiger partial charge is 0.0837 e. The lowest BCUT2D eigenvalue weighted by Crippen LogP contribution is -2.35. The van der Waals surface area contributed by atoms with Gasteiger partial charge in [-0.2, -0.15) is 5.10 Å². The van der Waals surface area contributed by atoms with Crippen molar-refractivity contribution in [2.75, 3.05) is 6.54 Å². The molecule has 1 aliphatic heterocycles. The minimum Gasteiger partial charge on any atom is -0.306 e. The van der Waals surface area contributed by atoms with Crippen LogP contribution in [0.25, 0.3) is 0 Å². The van der Waals surface area contributed by atoms with E-state index in [0.29, 0.717) is 0 Å². The molecule has 1 saturated heterocycles. The number of halogens is 1. The Labute approximate surface area is 89.4 Å². The van der Waals surface area contributed by atoms with Crippen LogP contribution in [0.5, 0.6) is 0 Å². The van der Waals surface area contributed by atoms with E-state index in [4.69, 9.17) is 11.6 Å². The number of aromatic nitrogens is 2. The molecule has 2 rings (SSSR count). The molecule has 78 valence electrons. The lowest BCUT2D eigenvalue weighted by Gasteiger charge is -2.25. The summed E-state index contributed by atoms with van der Waals surface area (Å²) >= 11 is 6.17. The van der Waals surface area contributed by atoms with E-state index in [-0.39, 0.29) is 5.54 Å². The average molecular weight is 214 g/mol. The van der Waals surface area contributed by atoms with Gasteiger partial charge >= 0.3 is 0 Å². The van der Waals surface area contributed by atoms with Crippen LogP contribution in [-0.2, 0) is 12.1 Å². The summed E-state index contributed by atoms with van der Waals surface area (Å²) in [6.07, 6.45) is 4.09. The van der Waals surface area contributed by atoms with Crippen molar-refractivity contribution >= 4 is 11.6 Å². The van der Waals surface area contributed by atoms with Crippen molar-refractivity contribution in [2.45, 2.75) is 38.8 Å². The average Bonchev–Trinajstić information content (AvgIpc) is 2.73. The molecular weight excluding hydrogens is 198 g/mol. The summed E-state index contributed by atoms with van der Waals surface area (Å²) in [6, 6.07) is 0. The molecule has 14 heavy (non-hydrogen) atoms. The number of aryl methyl sites for hydroxylation is 1. The molecule has 4 heteroatoms. The number of hydrogen-bond donors (Lipinski definition) is 1. The largest absolute Gasteiger partial charge is 0.306 e. The lowest BCUT2D eigenvalue weighted by atomic mass is 9.96. The molecule has 0 spiro atoms. The molecule has 0 amide bonds. The molecule has 3 nitrogen and oxygen atoms in total. The third-order valence-corrected chi connectivity index (χ3v) is 3.26. The van der Waals surface area contributed by atoms with Crippen molar-refractivity contribution in [3.8, 4) is 0 Å². The van der Waals surface area contributed by atoms with Gasteiger partial charge in [-0.1, -0.05) is 11.6 Å². The van der Waals surface area contributed by atoms with Crippen LogP contribution in [0.4, 0.5) is 0 Å². The Balaban J connectivity index is 2.42. The van der Waals surface area contributed by atoms with Gasteiger partial charge in [0.25, 0.3) is 0 Å². The maximum absolute atomic E-state index is 6.17. The third-order valence-electron chi connectivity index (χ3n) is 2.99. The summed E-state index contributed by atoms with van der Waals surface area (Å²) in [7, 11) is 0. The molecule has 1 aliphatic rings. The highest BCUT2D eigenvalue weighted by Gasteiger charge is 2.34. The van der Waals surface area contributed by atoms with Crippen LogP contribution < -0.4 is 5.32 Å². The van der Waals surface area contributed by atoms with Gasteiger partial charge < -0.3 is 5.32 Å². The molecule has 0 aromatic carbocycles. The van der Waals surface area contributed by atoms with Gasteiger partial charge in [0.05, 0.1) is 22.5 Å². The molecule has 0 aliphatic carbocycles. The van der Waals surface area contributed by atoms with E-state index in [1.165, 1.54) is 6.42 Å². The van der Waals surface area contributed by atoms with E-state index in [0.717, 1.165) is 30.2 Å². The lowest BCUT2D eigenvalue weighted by molar-refractivity contribution is 0.391. The zero-order valence-corrected chi connectivity index (χ0v) is 9.43. The maximum Gasteiger partial charge on any atom is 0.0837 e. The number of nitrogens with zero attached hydrogens (tertiary/aromatic N) is 2. The van der Waals surface area contributed by atoms with Crippen LogP contribution in [0.3, 0.4) is 0 Å². The summed E-state index contributed by atoms with van der Waals surface area (Å²) in [5, 5.41) is 8.56. The second-order valence-corrected chi connectivity index (χ2v) is 4.43. The third kappa shape index (κ3) is 1.44. The van der Waals surface area contributed by atoms with E-state index < -0.39 is 0 Å². The van der Waals surface area contributed by atoms with E-state index >= 15 is 0 Å². The summed E-state index contributed by atoms with van der Waals surface area (Å²) in [5.74, 6) is 0. The van der Waals surface area contributed by atoms with Gasteiger partial charge in [-0.15, -0.1) is 0 Å². The van der Waals surface area contributed by atoms with Gasteiger partial charge in [0.15, 0.2) is 0 Å². The molecule has 0 saturated carbocycles. The predicted octanol–water partition coefficient (Wildman–Crippen LogP) is 2.16. The second-order valence-electron chi connectivity index (χ2n) is 4.02. The Kier molecular flexibility index (Phi) is 2.54. The van der Waals surface area contributed by atoms with Gasteiger partial charge in [-0.25, -0.2) is 0 Å². The summed E-state index contributed by atoms with van der Waals surface area (Å²) in [4.78, 5) is 0. The normalized spacial score (nSPS) is 27.1. The first-order valence-corrected chi connectivity index (χ1v) is 5.52. The van der Waals surface area contributed by atoms with Crippen molar-refractivity contribution in [2.24, 2.45) is 0 Å². The standard InChI is InChI=1S/C10H16ClN3/c1-3-14-9(8(11)7-13-14)10(2)5-4-6-12-10/h7,12H,3-6H2,1-2H3. The van der Waals surface area contributed by atoms with Crippen molar-refractivity contribution in [1.82, 2.24) is 15.1 Å². The second kappa shape index (κ2) is 3.55. The van der Waals surface area contributed by atoms with Crippen LogP contribution in [-0.4, -0.2) is 16.3 Å². The highest BCUT2D eigenvalue weighted by molar-refractivity contribution is 6.31. The van der Waals surface area contributed by atoms with Crippen molar-refractivity contribution in [3.63, 3.8) is 0 Å². The number of nitrogens with one attached hydrogen (secondary N) is 1. The van der Waals surface area contributed by atoms with Crippen LogP contribution in [0.1, 0.15) is 32.4 Å². The molecule has 1 unspecified atom stereocenters. The van der Waals surface area contributed by atoms with Crippen LogP contribution in [0.15, 0.2) is 6.20 Å². The van der Waals surface area contributed by atoms with Crippen molar-refractivity contribution in [1.29, 1.82) is 0 Å². The Morgan fingerprint density at radius 3 is 3.07 bits per heavy atom. The zero-order chi connectivity index (χ0) is 10.2. The molecule has 1 N–H and O–H groups in total. The Morgan fingerprint density at radius 2 is 2.50 bits per heavy atom. The fourth-order valence-electron chi connectivity index (χ4n) is 2.25. The first-order chi connectivity index (χ1) is 6.67. The number of hydrogen-bond acceptors (Lipinski definition) is 2. The minimum atomic E-state index is 0.0175. The minimum absolute atomic E-state index is 0.0175. The van der Waals surface area contributed by atoms with Gasteiger partial charge in [0.1, 0.15) is 0 Å². The van der Waals surface area contributed by atoms with Crippen molar-refractivity contribution < 1.29 is 0 Å². The van der Waals surface area contributed by atoms with Crippen LogP contribution in [0.2, 0.25) is 5.02 Å². The summed E-state index contributed by atoms with van der Waals surface area (Å²) in [5.41, 5.74) is 1.16. The molecule has 2 heterocycles. The molecule has 1 aromatic heterocycles. The topological polar surface area (TPSA) is 29.9 Å². The predicted molar refractivity (Wildman–Crippen MR) is 57.5 cm³/mol. The highest BCUT2D eigenvalue weighted by atomic mass is 35.5. The fourth-order valence-corrected chi connectivity index (χ4v) is 2.60. The van der Waals surface area contributed by atoms with E-state index in [1.807, 2.05) is 4.68 Å². The fraction of sp³-hybridized carbons (Fsp3) is 0.700. The van der Waals surface area contributed by atoms with E-state index in [9.17, 15) is 0 Å². The van der Waals surface area contributed by atoms with Gasteiger partial charge in [0, 0.05) is 6.54 Å². The SMILES string of the molecule is CCn1ncc(Cl)c1C1(C)CCCN1. The van der Waals surface area contributed by atoms with Crippen molar-refractivity contribution in [3.05, 3.63) is 16.9 Å². The Bertz CT molecular complexity index is 326. The Hall–Kier alpha value is -0.540.